The minimum Gasteiger partial charge on any atom is -0.390 e. The fourth-order valence-electron chi connectivity index (χ4n) is 6.92. The highest BCUT2D eigenvalue weighted by Gasteiger charge is 2.66. The summed E-state index contributed by atoms with van der Waals surface area (Å²) in [5.41, 5.74) is -0.514. The maximum absolute atomic E-state index is 11.9. The van der Waals surface area contributed by atoms with Crippen LogP contribution in [0.2, 0.25) is 0 Å². The van der Waals surface area contributed by atoms with Crippen molar-refractivity contribution in [3.05, 3.63) is 11.6 Å². The highest BCUT2D eigenvalue weighted by atomic mass is 16.5. The fraction of sp³-hybridized carbons (Fsp3) is 0.850. The van der Waals surface area contributed by atoms with Crippen LogP contribution >= 0.6 is 0 Å². The highest BCUT2D eigenvalue weighted by molar-refractivity contribution is 5.92. The van der Waals surface area contributed by atoms with Crippen LogP contribution in [0.15, 0.2) is 11.6 Å². The van der Waals surface area contributed by atoms with Gasteiger partial charge in [-0.3, -0.25) is 4.79 Å². The van der Waals surface area contributed by atoms with Gasteiger partial charge in [-0.05, 0) is 74.7 Å². The van der Waals surface area contributed by atoms with Gasteiger partial charge in [-0.2, -0.15) is 0 Å². The minimum absolute atomic E-state index is 0.0796. The standard InChI is InChI=1S/C20H30O4/c1-17-8-6-16-14(15(17)7-9-18(17,2)22)5-4-12-10-13(21)11-20(23,24)19(12,16)3/h10,14-16,22-24H,4-9,11H2,1-3H3/t14-,15-,16-,17-,18-,19-/m0/s1. The van der Waals surface area contributed by atoms with E-state index in [0.29, 0.717) is 11.8 Å². The molecule has 6 atom stereocenters. The van der Waals surface area contributed by atoms with Crippen molar-refractivity contribution in [1.82, 2.24) is 0 Å². The minimum atomic E-state index is -1.95. The average Bonchev–Trinajstić information content (AvgIpc) is 2.71. The van der Waals surface area contributed by atoms with E-state index in [1.165, 1.54) is 0 Å². The fourth-order valence-corrected chi connectivity index (χ4v) is 6.92. The molecule has 0 unspecified atom stereocenters. The van der Waals surface area contributed by atoms with Gasteiger partial charge in [0, 0.05) is 5.41 Å². The molecule has 4 aliphatic rings. The predicted octanol–water partition coefficient (Wildman–Crippen LogP) is 2.56. The second-order valence-corrected chi connectivity index (χ2v) is 9.52. The molecule has 3 saturated carbocycles. The third-order valence-electron chi connectivity index (χ3n) is 8.74. The van der Waals surface area contributed by atoms with E-state index >= 15 is 0 Å². The maximum Gasteiger partial charge on any atom is 0.179 e. The average molecular weight is 334 g/mol. The van der Waals surface area contributed by atoms with E-state index in [2.05, 4.69) is 6.92 Å². The monoisotopic (exact) mass is 334 g/mol. The molecule has 0 radical (unpaired) electrons. The molecule has 4 rings (SSSR count). The van der Waals surface area contributed by atoms with Gasteiger partial charge in [0.05, 0.1) is 12.0 Å². The van der Waals surface area contributed by atoms with Crippen LogP contribution in [0, 0.1) is 28.6 Å². The number of hydrogen-bond acceptors (Lipinski definition) is 4. The molecule has 3 fully saturated rings. The van der Waals surface area contributed by atoms with Crippen LogP contribution in [0.4, 0.5) is 0 Å². The largest absolute Gasteiger partial charge is 0.390 e. The van der Waals surface area contributed by atoms with E-state index in [1.807, 2.05) is 13.8 Å². The molecule has 24 heavy (non-hydrogen) atoms. The lowest BCUT2D eigenvalue weighted by Gasteiger charge is -2.61. The van der Waals surface area contributed by atoms with Crippen molar-refractivity contribution in [3.8, 4) is 0 Å². The van der Waals surface area contributed by atoms with Gasteiger partial charge in [-0.25, -0.2) is 0 Å². The molecule has 0 aliphatic heterocycles. The number of fused-ring (bicyclic) bond motifs is 5. The number of carbonyl (C=O) groups is 1. The predicted molar refractivity (Wildman–Crippen MR) is 89.9 cm³/mol. The topological polar surface area (TPSA) is 77.8 Å². The number of ketones is 1. The Labute approximate surface area is 144 Å². The quantitative estimate of drug-likeness (QED) is 0.595. The first-order chi connectivity index (χ1) is 11.0. The number of carbonyl (C=O) groups excluding carboxylic acids is 1. The summed E-state index contributed by atoms with van der Waals surface area (Å²) in [4.78, 5) is 11.9. The van der Waals surface area contributed by atoms with Crippen molar-refractivity contribution in [2.45, 2.75) is 77.1 Å². The zero-order valence-electron chi connectivity index (χ0n) is 15.0. The zero-order chi connectivity index (χ0) is 17.5. The van der Waals surface area contributed by atoms with Gasteiger partial charge in [0.15, 0.2) is 11.6 Å². The van der Waals surface area contributed by atoms with Crippen molar-refractivity contribution < 1.29 is 20.1 Å². The molecule has 4 aliphatic carbocycles. The van der Waals surface area contributed by atoms with Crippen LogP contribution in [0.5, 0.6) is 0 Å². The van der Waals surface area contributed by atoms with Crippen LogP contribution in [-0.4, -0.2) is 32.5 Å². The Morgan fingerprint density at radius 2 is 1.67 bits per heavy atom. The Morgan fingerprint density at radius 1 is 1.00 bits per heavy atom. The summed E-state index contributed by atoms with van der Waals surface area (Å²) in [6.45, 7) is 6.16. The third-order valence-corrected chi connectivity index (χ3v) is 8.74. The molecule has 0 aromatic heterocycles. The van der Waals surface area contributed by atoms with Gasteiger partial charge in [0.25, 0.3) is 0 Å². The van der Waals surface area contributed by atoms with Crippen molar-refractivity contribution in [2.75, 3.05) is 0 Å². The Balaban J connectivity index is 1.76. The van der Waals surface area contributed by atoms with Crippen molar-refractivity contribution in [1.29, 1.82) is 0 Å². The zero-order valence-corrected chi connectivity index (χ0v) is 15.0. The lowest BCUT2D eigenvalue weighted by atomic mass is 9.45. The highest BCUT2D eigenvalue weighted by Crippen LogP contribution is 2.68. The second kappa shape index (κ2) is 4.72. The van der Waals surface area contributed by atoms with Gasteiger partial charge in [0.1, 0.15) is 0 Å². The molecule has 4 heteroatoms. The molecular weight excluding hydrogens is 304 g/mol. The molecule has 0 heterocycles. The van der Waals surface area contributed by atoms with Gasteiger partial charge in [0.2, 0.25) is 0 Å². The SMILES string of the molecule is C[C@@]12C(=CC(=O)CC1(O)O)CC[C@@H]1[C@@H]2CC[C@@]2(C)[C@H]1CC[C@]2(C)O. The molecule has 3 N–H and O–H groups in total. The van der Waals surface area contributed by atoms with Crippen molar-refractivity contribution in [3.63, 3.8) is 0 Å². The smallest absolute Gasteiger partial charge is 0.179 e. The van der Waals surface area contributed by atoms with Gasteiger partial charge < -0.3 is 15.3 Å². The molecular formula is C20H30O4. The molecule has 0 bridgehead atoms. The molecule has 4 nitrogen and oxygen atoms in total. The Morgan fingerprint density at radius 3 is 2.38 bits per heavy atom. The normalized spacial score (nSPS) is 53.0. The van der Waals surface area contributed by atoms with Crippen molar-refractivity contribution >= 4 is 5.78 Å². The van der Waals surface area contributed by atoms with E-state index in [4.69, 9.17) is 0 Å². The van der Waals surface area contributed by atoms with E-state index in [-0.39, 0.29) is 23.5 Å². The van der Waals surface area contributed by atoms with Crippen molar-refractivity contribution in [2.24, 2.45) is 28.6 Å². The first-order valence-corrected chi connectivity index (χ1v) is 9.44. The summed E-state index contributed by atoms with van der Waals surface area (Å²) < 4.78 is 0. The van der Waals surface area contributed by atoms with Crippen LogP contribution in [-0.2, 0) is 4.79 Å². The summed E-state index contributed by atoms with van der Waals surface area (Å²) in [6.07, 6.45) is 6.89. The third kappa shape index (κ3) is 1.83. The Kier molecular flexibility index (Phi) is 3.29. The summed E-state index contributed by atoms with van der Waals surface area (Å²) in [7, 11) is 0. The van der Waals surface area contributed by atoms with Gasteiger partial charge in [-0.1, -0.05) is 19.4 Å². The van der Waals surface area contributed by atoms with E-state index < -0.39 is 16.8 Å². The summed E-state index contributed by atoms with van der Waals surface area (Å²) in [5.74, 6) is -1.13. The first kappa shape index (κ1) is 16.7. The van der Waals surface area contributed by atoms with Gasteiger partial charge in [-0.15, -0.1) is 0 Å². The molecule has 0 aromatic rings. The number of aliphatic hydroxyl groups is 3. The van der Waals surface area contributed by atoms with E-state index in [9.17, 15) is 20.1 Å². The molecule has 134 valence electrons. The molecule has 0 aromatic carbocycles. The Bertz CT molecular complexity index is 619. The van der Waals surface area contributed by atoms with Crippen LogP contribution in [0.1, 0.15) is 65.7 Å². The molecule has 0 spiro atoms. The molecule has 0 amide bonds. The maximum atomic E-state index is 11.9. The second-order valence-electron chi connectivity index (χ2n) is 9.52. The summed E-state index contributed by atoms with van der Waals surface area (Å²) >= 11 is 0. The van der Waals surface area contributed by atoms with Crippen LogP contribution in [0.25, 0.3) is 0 Å². The van der Waals surface area contributed by atoms with Crippen LogP contribution in [0.3, 0.4) is 0 Å². The number of rotatable bonds is 0. The molecule has 0 saturated heterocycles. The summed E-state index contributed by atoms with van der Waals surface area (Å²) in [6, 6.07) is 0. The lowest BCUT2D eigenvalue weighted by Crippen LogP contribution is -2.62. The van der Waals surface area contributed by atoms with Gasteiger partial charge >= 0.3 is 0 Å². The van der Waals surface area contributed by atoms with E-state index in [0.717, 1.165) is 44.1 Å². The Hall–Kier alpha value is -0.710. The van der Waals surface area contributed by atoms with E-state index in [1.54, 1.807) is 6.08 Å². The first-order valence-electron chi connectivity index (χ1n) is 9.44. The van der Waals surface area contributed by atoms with Crippen LogP contribution < -0.4 is 0 Å². The summed E-state index contributed by atoms with van der Waals surface area (Å²) in [5, 5.41) is 32.5. The number of hydrogen-bond donors (Lipinski definition) is 3. The lowest BCUT2D eigenvalue weighted by molar-refractivity contribution is -0.265.